The number of aromatic hydroxyl groups is 2. The summed E-state index contributed by atoms with van der Waals surface area (Å²) in [4.78, 5) is 11.3. The Morgan fingerprint density at radius 3 is 2.00 bits per heavy atom. The van der Waals surface area contributed by atoms with Crippen LogP contribution in [-0.2, 0) is 23.7 Å². The van der Waals surface area contributed by atoms with Crippen LogP contribution in [0.2, 0.25) is 0 Å². The molecule has 3 aliphatic heterocycles. The summed E-state index contributed by atoms with van der Waals surface area (Å²) in [5, 5.41) is 92.2. The summed E-state index contributed by atoms with van der Waals surface area (Å²) in [6.07, 6.45) is -15.9. The van der Waals surface area contributed by atoms with Crippen LogP contribution in [0.4, 0.5) is 0 Å². The van der Waals surface area contributed by atoms with Gasteiger partial charge in [-0.3, -0.25) is 4.79 Å². The Kier molecular flexibility index (Phi) is 9.68. The third kappa shape index (κ3) is 6.79. The minimum Gasteiger partial charge on any atom is -0.508 e. The molecule has 9 N–H and O–H groups in total. The maximum absolute atomic E-state index is 11.3. The number of ether oxygens (including phenoxy) is 6. The highest BCUT2D eigenvalue weighted by Gasteiger charge is 2.47. The predicted molar refractivity (Wildman–Crippen MR) is 146 cm³/mol. The van der Waals surface area contributed by atoms with E-state index in [1.807, 2.05) is 0 Å². The summed E-state index contributed by atoms with van der Waals surface area (Å²) in [5.41, 5.74) is 0.531. The molecule has 3 aliphatic rings. The number of hydrogen-bond donors (Lipinski definition) is 9. The van der Waals surface area contributed by atoms with Crippen LogP contribution in [-0.4, -0.2) is 127 Å². The highest BCUT2D eigenvalue weighted by molar-refractivity contribution is 5.70. The van der Waals surface area contributed by atoms with E-state index < -0.39 is 86.7 Å². The Bertz CT molecular complexity index is 1380. The molecule has 0 amide bonds. The Morgan fingerprint density at radius 2 is 1.38 bits per heavy atom. The number of carbonyl (C=O) groups excluding carboxylic acids is 1. The molecule has 5 rings (SSSR count). The lowest BCUT2D eigenvalue weighted by molar-refractivity contribution is -0.294. The molecule has 246 valence electrons. The number of benzene rings is 2. The molecule has 0 bridgehead atoms. The zero-order valence-electron chi connectivity index (χ0n) is 23.7. The number of carbonyl (C=O) groups is 1. The first-order chi connectivity index (χ1) is 21.4. The van der Waals surface area contributed by atoms with E-state index in [9.17, 15) is 50.8 Å². The van der Waals surface area contributed by atoms with Crippen molar-refractivity contribution in [2.24, 2.45) is 0 Å². The normalized spacial score (nSPS) is 34.6. The number of aliphatic hydroxyl groups excluding tert-OH is 7. The molecule has 2 fully saturated rings. The third-order valence-corrected chi connectivity index (χ3v) is 7.54. The molecule has 0 saturated carbocycles. The second-order valence-corrected chi connectivity index (χ2v) is 10.7. The molecule has 2 aromatic carbocycles. The number of phenolic OH excluding ortho intramolecular Hbond substituents is 2. The molecule has 2 saturated heterocycles. The second-order valence-electron chi connectivity index (χ2n) is 10.7. The van der Waals surface area contributed by atoms with Crippen molar-refractivity contribution in [2.75, 3.05) is 13.2 Å². The first-order valence-electron chi connectivity index (χ1n) is 13.9. The Hall–Kier alpha value is -3.71. The molecule has 0 aliphatic carbocycles. The minimum absolute atomic E-state index is 0.0355. The average Bonchev–Trinajstić information content (AvgIpc) is 3.01. The van der Waals surface area contributed by atoms with E-state index in [0.29, 0.717) is 5.56 Å². The third-order valence-electron chi connectivity index (χ3n) is 7.54. The molecule has 0 radical (unpaired) electrons. The van der Waals surface area contributed by atoms with E-state index in [-0.39, 0.29) is 34.3 Å². The molecule has 16 nitrogen and oxygen atoms in total. The first kappa shape index (κ1) is 32.7. The van der Waals surface area contributed by atoms with Crippen LogP contribution < -0.4 is 9.47 Å². The monoisotopic (exact) mass is 638 g/mol. The highest BCUT2D eigenvalue weighted by atomic mass is 16.7. The van der Waals surface area contributed by atoms with Crippen LogP contribution in [0.15, 0.2) is 42.2 Å². The Labute approximate surface area is 255 Å². The minimum atomic E-state index is -1.79. The van der Waals surface area contributed by atoms with E-state index in [4.69, 9.17) is 28.4 Å². The summed E-state index contributed by atoms with van der Waals surface area (Å²) < 4.78 is 33.9. The summed E-state index contributed by atoms with van der Waals surface area (Å²) in [6, 6.07) is 8.16. The lowest BCUT2D eigenvalue weighted by atomic mass is 9.98. The molecule has 45 heavy (non-hydrogen) atoms. The van der Waals surface area contributed by atoms with Gasteiger partial charge >= 0.3 is 5.97 Å². The van der Waals surface area contributed by atoms with E-state index in [2.05, 4.69) is 0 Å². The van der Waals surface area contributed by atoms with Crippen LogP contribution in [0.5, 0.6) is 23.0 Å². The first-order valence-corrected chi connectivity index (χ1v) is 13.9. The molecule has 16 heteroatoms. The smallest absolute Gasteiger partial charge is 0.302 e. The molecule has 3 heterocycles. The van der Waals surface area contributed by atoms with E-state index in [1.165, 1.54) is 36.4 Å². The summed E-state index contributed by atoms with van der Waals surface area (Å²) >= 11 is 0. The van der Waals surface area contributed by atoms with E-state index >= 15 is 0 Å². The lowest BCUT2D eigenvalue weighted by Crippen LogP contribution is -2.60. The molecule has 2 aromatic rings. The van der Waals surface area contributed by atoms with Gasteiger partial charge in [0.1, 0.15) is 84.2 Å². The number of hydrogen-bond acceptors (Lipinski definition) is 16. The van der Waals surface area contributed by atoms with Crippen molar-refractivity contribution in [3.8, 4) is 23.0 Å². The fourth-order valence-corrected chi connectivity index (χ4v) is 5.08. The fourth-order valence-electron chi connectivity index (χ4n) is 5.08. The zero-order valence-corrected chi connectivity index (χ0v) is 23.7. The van der Waals surface area contributed by atoms with Crippen molar-refractivity contribution in [1.82, 2.24) is 0 Å². The number of rotatable bonds is 8. The fraction of sp³-hybridized carbons (Fsp3) is 0.483. The largest absolute Gasteiger partial charge is 0.508 e. The Balaban J connectivity index is 1.51. The second kappa shape index (κ2) is 13.3. The molecular weight excluding hydrogens is 604 g/mol. The van der Waals surface area contributed by atoms with Gasteiger partial charge < -0.3 is 74.4 Å². The topological polar surface area (TPSA) is 255 Å². The number of esters is 1. The van der Waals surface area contributed by atoms with Gasteiger partial charge in [-0.2, -0.15) is 0 Å². The maximum atomic E-state index is 11.3. The molecule has 11 atom stereocenters. The standard InChI is InChI=1S/C29H34O16/c1-11(31)40-10-20-22(35)24(37)26(39)29(45-20)43-18-8-15-16(41-27(18)12-2-4-13(32)5-3-12)6-14(33)7-17(15)42-28-25(38)23(36)21(34)19(9-30)44-28/h2-8,19-30,32-39H,9-10H2,1H3/t19-,20+,21+,22+,23-,24-,25-,26+,27?,28+,29+/m0/s1. The van der Waals surface area contributed by atoms with Crippen LogP contribution in [0, 0.1) is 0 Å². The maximum Gasteiger partial charge on any atom is 0.302 e. The Morgan fingerprint density at radius 1 is 0.778 bits per heavy atom. The molecule has 1 unspecified atom stereocenters. The van der Waals surface area contributed by atoms with Crippen molar-refractivity contribution in [1.29, 1.82) is 0 Å². The molecule has 0 aromatic heterocycles. The summed E-state index contributed by atoms with van der Waals surface area (Å²) in [7, 11) is 0. The number of fused-ring (bicyclic) bond motifs is 1. The predicted octanol–water partition coefficient (Wildman–Crippen LogP) is -1.86. The van der Waals surface area contributed by atoms with E-state index in [1.54, 1.807) is 0 Å². The zero-order chi connectivity index (χ0) is 32.6. The average molecular weight is 639 g/mol. The van der Waals surface area contributed by atoms with Gasteiger partial charge in [0.05, 0.1) is 12.2 Å². The van der Waals surface area contributed by atoms with Crippen molar-refractivity contribution < 1.29 is 79.2 Å². The number of phenols is 2. The highest BCUT2D eigenvalue weighted by Crippen LogP contribution is 2.45. The SMILES string of the molecule is CC(=O)OC[C@H]1O[C@@H](OC2=Cc3c(cc(O)cc3O[C@@H]3O[C@@H](CO)[C@@H](O)[C@H](O)[C@@H]3O)OC2c2ccc(O)cc2)[C@H](O)[C@@H](O)[C@@H]1O. The van der Waals surface area contributed by atoms with Gasteiger partial charge in [0.2, 0.25) is 12.6 Å². The van der Waals surface area contributed by atoms with Gasteiger partial charge in [0.25, 0.3) is 0 Å². The van der Waals surface area contributed by atoms with E-state index in [0.717, 1.165) is 13.0 Å². The van der Waals surface area contributed by atoms with Gasteiger partial charge in [-0.15, -0.1) is 0 Å². The molecule has 0 spiro atoms. The van der Waals surface area contributed by atoms with Gasteiger partial charge in [-0.25, -0.2) is 0 Å². The van der Waals surface area contributed by atoms with Crippen LogP contribution in [0.3, 0.4) is 0 Å². The van der Waals surface area contributed by atoms with Gasteiger partial charge in [0, 0.05) is 24.6 Å². The van der Waals surface area contributed by atoms with Gasteiger partial charge in [-0.05, 0) is 18.2 Å². The van der Waals surface area contributed by atoms with Crippen LogP contribution in [0.1, 0.15) is 24.2 Å². The summed E-state index contributed by atoms with van der Waals surface area (Å²) in [5.74, 6) is -1.25. The van der Waals surface area contributed by atoms with Crippen molar-refractivity contribution in [2.45, 2.75) is 74.4 Å². The van der Waals surface area contributed by atoms with Crippen LogP contribution >= 0.6 is 0 Å². The van der Waals surface area contributed by atoms with Crippen molar-refractivity contribution in [3.05, 3.63) is 53.3 Å². The van der Waals surface area contributed by atoms with Crippen molar-refractivity contribution in [3.63, 3.8) is 0 Å². The summed E-state index contributed by atoms with van der Waals surface area (Å²) in [6.45, 7) is -0.0306. The van der Waals surface area contributed by atoms with Crippen LogP contribution in [0.25, 0.3) is 6.08 Å². The van der Waals surface area contributed by atoms with Gasteiger partial charge in [0.15, 0.2) is 6.10 Å². The molecular formula is C29H34O16. The number of aliphatic hydroxyl groups is 7. The van der Waals surface area contributed by atoms with Gasteiger partial charge in [-0.1, -0.05) is 12.1 Å². The lowest BCUT2D eigenvalue weighted by Gasteiger charge is -2.41. The quantitative estimate of drug-likeness (QED) is 0.144. The van der Waals surface area contributed by atoms with Crippen molar-refractivity contribution >= 4 is 12.0 Å².